The zero-order valence-electron chi connectivity index (χ0n) is 11.1. The Morgan fingerprint density at radius 2 is 2.21 bits per heavy atom. The van der Waals surface area contributed by atoms with Crippen molar-refractivity contribution in [1.82, 2.24) is 4.90 Å². The van der Waals surface area contributed by atoms with E-state index in [1.807, 2.05) is 36.9 Å². The number of carbonyl (C=O) groups excluding carboxylic acids is 1. The second-order valence-electron chi connectivity index (χ2n) is 4.67. The monoisotopic (exact) mass is 280 g/mol. The van der Waals surface area contributed by atoms with Crippen molar-refractivity contribution in [2.75, 3.05) is 29.9 Å². The molecule has 1 atom stereocenters. The Kier molecular flexibility index (Phi) is 5.24. The maximum atomic E-state index is 12.2. The number of anilines is 1. The summed E-state index contributed by atoms with van der Waals surface area (Å²) < 4.78 is 0. The third-order valence-corrected chi connectivity index (χ3v) is 4.29. The average Bonchev–Trinajstić information content (AvgIpc) is 2.47. The highest BCUT2D eigenvalue weighted by atomic mass is 32.2. The van der Waals surface area contributed by atoms with Crippen LogP contribution in [0.4, 0.5) is 5.69 Å². The van der Waals surface area contributed by atoms with Gasteiger partial charge in [-0.25, -0.2) is 0 Å². The predicted molar refractivity (Wildman–Crippen MR) is 79.4 cm³/mol. The Bertz CT molecular complexity index is 433. The van der Waals surface area contributed by atoms with Gasteiger partial charge in [-0.15, -0.1) is 0 Å². The van der Waals surface area contributed by atoms with Crippen LogP contribution in [0.2, 0.25) is 0 Å². The predicted octanol–water partition coefficient (Wildman–Crippen LogP) is 1.55. The summed E-state index contributed by atoms with van der Waals surface area (Å²) in [5.74, 6) is 2.21. The van der Waals surface area contributed by atoms with E-state index in [0.29, 0.717) is 0 Å². The summed E-state index contributed by atoms with van der Waals surface area (Å²) in [4.78, 5) is 14.4. The number of nitrogens with zero attached hydrogens (tertiary/aromatic N) is 1. The molecule has 1 saturated heterocycles. The first-order valence-electron chi connectivity index (χ1n) is 6.53. The molecule has 1 aromatic rings. The zero-order valence-corrected chi connectivity index (χ0v) is 11.9. The van der Waals surface area contributed by atoms with Crippen LogP contribution in [0.15, 0.2) is 24.3 Å². The standard InChI is InChI=1S/C14H20N2O2S/c1-11(16-5-7-19-8-6-16)14(18)15-13-4-2-3-12(9-13)10-17/h2-4,9,11,17H,5-8,10H2,1H3,(H,15,18). The normalized spacial score (nSPS) is 18.0. The van der Waals surface area contributed by atoms with Gasteiger partial charge in [0.05, 0.1) is 12.6 Å². The van der Waals surface area contributed by atoms with Crippen LogP contribution in [0.3, 0.4) is 0 Å². The van der Waals surface area contributed by atoms with Gasteiger partial charge in [-0.3, -0.25) is 9.69 Å². The van der Waals surface area contributed by atoms with Crippen LogP contribution in [0, 0.1) is 0 Å². The van der Waals surface area contributed by atoms with Gasteiger partial charge in [0, 0.05) is 30.3 Å². The van der Waals surface area contributed by atoms with Gasteiger partial charge in [-0.1, -0.05) is 12.1 Å². The van der Waals surface area contributed by atoms with Crippen molar-refractivity contribution in [3.63, 3.8) is 0 Å². The first-order chi connectivity index (χ1) is 9.20. The molecule has 1 heterocycles. The molecule has 0 aliphatic carbocycles. The SMILES string of the molecule is CC(C(=O)Nc1cccc(CO)c1)N1CCSCC1. The average molecular weight is 280 g/mol. The third-order valence-electron chi connectivity index (χ3n) is 3.35. The lowest BCUT2D eigenvalue weighted by Gasteiger charge is -2.31. The minimum Gasteiger partial charge on any atom is -0.392 e. The molecule has 4 nitrogen and oxygen atoms in total. The Morgan fingerprint density at radius 1 is 1.47 bits per heavy atom. The van der Waals surface area contributed by atoms with Crippen molar-refractivity contribution in [3.8, 4) is 0 Å². The van der Waals surface area contributed by atoms with Crippen LogP contribution in [0.5, 0.6) is 0 Å². The topological polar surface area (TPSA) is 52.6 Å². The van der Waals surface area contributed by atoms with Gasteiger partial charge in [-0.2, -0.15) is 11.8 Å². The van der Waals surface area contributed by atoms with Crippen molar-refractivity contribution in [1.29, 1.82) is 0 Å². The summed E-state index contributed by atoms with van der Waals surface area (Å²) in [5.41, 5.74) is 1.55. The number of hydrogen-bond donors (Lipinski definition) is 2. The van der Waals surface area contributed by atoms with E-state index in [1.165, 1.54) is 0 Å². The largest absolute Gasteiger partial charge is 0.392 e. The number of rotatable bonds is 4. The van der Waals surface area contributed by atoms with Gasteiger partial charge >= 0.3 is 0 Å². The van der Waals surface area contributed by atoms with Crippen molar-refractivity contribution in [2.24, 2.45) is 0 Å². The Hall–Kier alpha value is -1.04. The molecule has 19 heavy (non-hydrogen) atoms. The molecule has 2 N–H and O–H groups in total. The van der Waals surface area contributed by atoms with Crippen LogP contribution in [-0.2, 0) is 11.4 Å². The molecule has 1 aliphatic rings. The number of hydrogen-bond acceptors (Lipinski definition) is 4. The van der Waals surface area contributed by atoms with Crippen LogP contribution in [0.1, 0.15) is 12.5 Å². The fraction of sp³-hybridized carbons (Fsp3) is 0.500. The molecular formula is C14H20N2O2S. The molecule has 1 fully saturated rings. The Labute approximate surface area is 118 Å². The summed E-state index contributed by atoms with van der Waals surface area (Å²) in [6.45, 7) is 3.87. The molecule has 1 unspecified atom stereocenters. The lowest BCUT2D eigenvalue weighted by Crippen LogP contribution is -2.46. The van der Waals surface area contributed by atoms with E-state index in [2.05, 4.69) is 10.2 Å². The zero-order chi connectivity index (χ0) is 13.7. The summed E-state index contributed by atoms with van der Waals surface area (Å²) in [6.07, 6.45) is 0. The highest BCUT2D eigenvalue weighted by Gasteiger charge is 2.22. The molecule has 5 heteroatoms. The van der Waals surface area contributed by atoms with E-state index in [1.54, 1.807) is 6.07 Å². The van der Waals surface area contributed by atoms with Gasteiger partial charge in [0.25, 0.3) is 0 Å². The maximum Gasteiger partial charge on any atom is 0.241 e. The van der Waals surface area contributed by atoms with Crippen LogP contribution >= 0.6 is 11.8 Å². The fourth-order valence-electron chi connectivity index (χ4n) is 2.12. The third kappa shape index (κ3) is 3.96. The maximum absolute atomic E-state index is 12.2. The van der Waals surface area contributed by atoms with E-state index in [0.717, 1.165) is 35.8 Å². The number of aliphatic hydroxyl groups excluding tert-OH is 1. The van der Waals surface area contributed by atoms with Crippen LogP contribution in [0.25, 0.3) is 0 Å². The van der Waals surface area contributed by atoms with Gasteiger partial charge in [-0.05, 0) is 24.6 Å². The van der Waals surface area contributed by atoms with E-state index in [-0.39, 0.29) is 18.6 Å². The summed E-state index contributed by atoms with van der Waals surface area (Å²) in [5, 5.41) is 12.0. The summed E-state index contributed by atoms with van der Waals surface area (Å²) in [6, 6.07) is 7.20. The molecule has 104 valence electrons. The molecule has 0 saturated carbocycles. The van der Waals surface area contributed by atoms with Gasteiger partial charge in [0.15, 0.2) is 0 Å². The highest BCUT2D eigenvalue weighted by Crippen LogP contribution is 2.15. The molecule has 0 spiro atoms. The number of aliphatic hydroxyl groups is 1. The number of thioether (sulfide) groups is 1. The lowest BCUT2D eigenvalue weighted by molar-refractivity contribution is -0.120. The first kappa shape index (κ1) is 14.4. The minimum absolute atomic E-state index is 0.0113. The molecule has 1 amide bonds. The van der Waals surface area contributed by atoms with Crippen LogP contribution in [-0.4, -0.2) is 46.6 Å². The van der Waals surface area contributed by atoms with E-state index in [4.69, 9.17) is 5.11 Å². The molecule has 0 radical (unpaired) electrons. The summed E-state index contributed by atoms with van der Waals surface area (Å²) in [7, 11) is 0. The minimum atomic E-state index is -0.112. The van der Waals surface area contributed by atoms with Crippen molar-refractivity contribution >= 4 is 23.4 Å². The Balaban J connectivity index is 1.95. The van der Waals surface area contributed by atoms with E-state index >= 15 is 0 Å². The highest BCUT2D eigenvalue weighted by molar-refractivity contribution is 7.99. The molecule has 1 aliphatic heterocycles. The van der Waals surface area contributed by atoms with Gasteiger partial charge in [0.2, 0.25) is 5.91 Å². The molecule has 2 rings (SSSR count). The lowest BCUT2D eigenvalue weighted by atomic mass is 10.2. The number of carbonyl (C=O) groups is 1. The van der Waals surface area contributed by atoms with E-state index < -0.39 is 0 Å². The quantitative estimate of drug-likeness (QED) is 0.879. The first-order valence-corrected chi connectivity index (χ1v) is 7.68. The Morgan fingerprint density at radius 3 is 2.89 bits per heavy atom. The molecular weight excluding hydrogens is 260 g/mol. The van der Waals surface area contributed by atoms with Crippen molar-refractivity contribution in [2.45, 2.75) is 19.6 Å². The van der Waals surface area contributed by atoms with Crippen molar-refractivity contribution in [3.05, 3.63) is 29.8 Å². The molecule has 1 aromatic carbocycles. The fourth-order valence-corrected chi connectivity index (χ4v) is 3.06. The number of nitrogens with one attached hydrogen (secondary N) is 1. The molecule has 0 aromatic heterocycles. The number of benzene rings is 1. The van der Waals surface area contributed by atoms with Crippen LogP contribution < -0.4 is 5.32 Å². The smallest absolute Gasteiger partial charge is 0.241 e. The molecule has 0 bridgehead atoms. The van der Waals surface area contributed by atoms with Gasteiger partial charge < -0.3 is 10.4 Å². The summed E-state index contributed by atoms with van der Waals surface area (Å²) >= 11 is 1.94. The number of amides is 1. The second-order valence-corrected chi connectivity index (χ2v) is 5.90. The second kappa shape index (κ2) is 6.93. The van der Waals surface area contributed by atoms with E-state index in [9.17, 15) is 4.79 Å². The van der Waals surface area contributed by atoms with Gasteiger partial charge in [0.1, 0.15) is 0 Å². The van der Waals surface area contributed by atoms with Crippen molar-refractivity contribution < 1.29 is 9.90 Å².